The van der Waals surface area contributed by atoms with Gasteiger partial charge in [-0.1, -0.05) is 12.1 Å². The highest BCUT2D eigenvalue weighted by Crippen LogP contribution is 2.23. The first kappa shape index (κ1) is 10.2. The van der Waals surface area contributed by atoms with Crippen LogP contribution in [0, 0.1) is 0 Å². The number of fused-ring (bicyclic) bond motifs is 4. The molecule has 0 aliphatic rings. The molecule has 0 aliphatic carbocycles. The fourth-order valence-electron chi connectivity index (χ4n) is 2.29. The van der Waals surface area contributed by atoms with Gasteiger partial charge in [0, 0.05) is 17.8 Å². The number of pyridine rings is 2. The molecular formula is C15H8N2O2. The van der Waals surface area contributed by atoms with Crippen LogP contribution in [0.3, 0.4) is 0 Å². The molecular weight excluding hydrogens is 240 g/mol. The van der Waals surface area contributed by atoms with Gasteiger partial charge in [0.25, 0.3) is 0 Å². The Hall–Kier alpha value is -2.75. The summed E-state index contributed by atoms with van der Waals surface area (Å²) in [7, 11) is 0. The van der Waals surface area contributed by atoms with E-state index in [1.807, 2.05) is 18.2 Å². The summed E-state index contributed by atoms with van der Waals surface area (Å²) in [6, 6.07) is 10.9. The van der Waals surface area contributed by atoms with Gasteiger partial charge in [0.1, 0.15) is 5.52 Å². The Labute approximate surface area is 107 Å². The first-order chi connectivity index (χ1) is 9.34. The number of hydrogen-bond donors (Lipinski definition) is 0. The van der Waals surface area contributed by atoms with Crippen LogP contribution < -0.4 is 5.43 Å². The van der Waals surface area contributed by atoms with E-state index in [2.05, 4.69) is 9.97 Å². The van der Waals surface area contributed by atoms with Crippen molar-refractivity contribution in [2.75, 3.05) is 0 Å². The fourth-order valence-corrected chi connectivity index (χ4v) is 2.29. The van der Waals surface area contributed by atoms with Gasteiger partial charge in [-0.3, -0.25) is 9.78 Å². The molecule has 19 heavy (non-hydrogen) atoms. The molecule has 0 unspecified atom stereocenters. The summed E-state index contributed by atoms with van der Waals surface area (Å²) in [5.41, 5.74) is 1.45. The zero-order valence-electron chi connectivity index (χ0n) is 9.83. The highest BCUT2D eigenvalue weighted by atomic mass is 16.3. The minimum absolute atomic E-state index is 0.0723. The molecule has 0 spiro atoms. The highest BCUT2D eigenvalue weighted by Gasteiger charge is 2.11. The first-order valence-electron chi connectivity index (χ1n) is 5.90. The Bertz CT molecular complexity index is 989. The molecule has 0 aliphatic heterocycles. The number of aromatic nitrogens is 2. The average Bonchev–Trinajstić information content (AvgIpc) is 2.47. The molecule has 0 bridgehead atoms. The summed E-state index contributed by atoms with van der Waals surface area (Å²) in [5, 5.41) is 1.96. The van der Waals surface area contributed by atoms with Crippen LogP contribution in [0.5, 0.6) is 0 Å². The van der Waals surface area contributed by atoms with Crippen LogP contribution in [-0.2, 0) is 0 Å². The van der Waals surface area contributed by atoms with Crippen LogP contribution in [0.15, 0.2) is 58.0 Å². The van der Waals surface area contributed by atoms with Crippen LogP contribution in [0.4, 0.5) is 0 Å². The Balaban J connectivity index is 2.36. The third kappa shape index (κ3) is 1.37. The second kappa shape index (κ2) is 3.62. The second-order valence-electron chi connectivity index (χ2n) is 4.30. The van der Waals surface area contributed by atoms with E-state index in [1.165, 1.54) is 0 Å². The average molecular weight is 248 g/mol. The Morgan fingerprint density at radius 2 is 1.74 bits per heavy atom. The third-order valence-electron chi connectivity index (χ3n) is 3.19. The van der Waals surface area contributed by atoms with Crippen molar-refractivity contribution in [2.24, 2.45) is 0 Å². The minimum Gasteiger partial charge on any atom is -0.435 e. The van der Waals surface area contributed by atoms with Crippen molar-refractivity contribution in [1.29, 1.82) is 0 Å². The molecule has 4 nitrogen and oxygen atoms in total. The number of rotatable bonds is 0. The molecule has 0 atom stereocenters. The fraction of sp³-hybridized carbons (Fsp3) is 0. The molecule has 0 saturated heterocycles. The van der Waals surface area contributed by atoms with Gasteiger partial charge in [-0.05, 0) is 24.3 Å². The predicted octanol–water partition coefficient (Wildman–Crippen LogP) is 2.89. The van der Waals surface area contributed by atoms with Gasteiger partial charge < -0.3 is 4.42 Å². The lowest BCUT2D eigenvalue weighted by Crippen LogP contribution is -2.03. The van der Waals surface area contributed by atoms with Crippen molar-refractivity contribution < 1.29 is 4.42 Å². The zero-order valence-corrected chi connectivity index (χ0v) is 9.83. The molecule has 0 N–H and O–H groups in total. The monoisotopic (exact) mass is 248 g/mol. The van der Waals surface area contributed by atoms with Gasteiger partial charge in [-0.25, -0.2) is 4.98 Å². The topological polar surface area (TPSA) is 56.0 Å². The predicted molar refractivity (Wildman–Crippen MR) is 73.1 cm³/mol. The first-order valence-corrected chi connectivity index (χ1v) is 5.90. The molecule has 1 aromatic carbocycles. The molecule has 0 radical (unpaired) electrons. The lowest BCUT2D eigenvalue weighted by atomic mass is 10.1. The van der Waals surface area contributed by atoms with E-state index in [9.17, 15) is 4.79 Å². The lowest BCUT2D eigenvalue weighted by Gasteiger charge is -2.03. The third-order valence-corrected chi connectivity index (χ3v) is 3.19. The van der Waals surface area contributed by atoms with E-state index in [-0.39, 0.29) is 5.43 Å². The van der Waals surface area contributed by atoms with Crippen molar-refractivity contribution in [2.45, 2.75) is 0 Å². The van der Waals surface area contributed by atoms with Gasteiger partial charge in [0.05, 0.1) is 10.8 Å². The van der Waals surface area contributed by atoms with E-state index in [4.69, 9.17) is 4.42 Å². The van der Waals surface area contributed by atoms with Crippen molar-refractivity contribution in [3.8, 4) is 0 Å². The normalized spacial score (nSPS) is 11.4. The number of benzene rings is 1. The second-order valence-corrected chi connectivity index (χ2v) is 4.30. The van der Waals surface area contributed by atoms with Crippen molar-refractivity contribution in [3.05, 3.63) is 59.0 Å². The maximum atomic E-state index is 12.4. The van der Waals surface area contributed by atoms with Crippen molar-refractivity contribution in [1.82, 2.24) is 9.97 Å². The summed E-state index contributed by atoms with van der Waals surface area (Å²) in [6.07, 6.45) is 3.29. The SMILES string of the molecule is O=c1c2cccnc2oc2c1ccc1cccnc12. The summed E-state index contributed by atoms with van der Waals surface area (Å²) < 4.78 is 5.77. The Morgan fingerprint density at radius 1 is 0.895 bits per heavy atom. The smallest absolute Gasteiger partial charge is 0.230 e. The summed E-state index contributed by atoms with van der Waals surface area (Å²) in [4.78, 5) is 20.8. The van der Waals surface area contributed by atoms with Gasteiger partial charge in [0.15, 0.2) is 5.58 Å². The van der Waals surface area contributed by atoms with Crippen molar-refractivity contribution >= 4 is 33.0 Å². The summed E-state index contributed by atoms with van der Waals surface area (Å²) in [5.74, 6) is 0. The summed E-state index contributed by atoms with van der Waals surface area (Å²) in [6.45, 7) is 0. The number of nitrogens with zero attached hydrogens (tertiary/aromatic N) is 2. The maximum absolute atomic E-state index is 12.4. The van der Waals surface area contributed by atoms with Crippen LogP contribution in [-0.4, -0.2) is 9.97 Å². The van der Waals surface area contributed by atoms with Crippen LogP contribution in [0.1, 0.15) is 0 Å². The molecule has 0 saturated carbocycles. The van der Waals surface area contributed by atoms with E-state index in [0.717, 1.165) is 5.39 Å². The van der Waals surface area contributed by atoms with Gasteiger partial charge in [-0.15, -0.1) is 0 Å². The maximum Gasteiger partial charge on any atom is 0.230 e. The molecule has 4 aromatic rings. The molecule has 4 rings (SSSR count). The van der Waals surface area contributed by atoms with E-state index in [1.54, 1.807) is 30.6 Å². The Morgan fingerprint density at radius 3 is 2.68 bits per heavy atom. The van der Waals surface area contributed by atoms with E-state index < -0.39 is 0 Å². The van der Waals surface area contributed by atoms with Crippen LogP contribution >= 0.6 is 0 Å². The highest BCUT2D eigenvalue weighted by molar-refractivity contribution is 6.03. The van der Waals surface area contributed by atoms with Gasteiger partial charge in [-0.2, -0.15) is 0 Å². The van der Waals surface area contributed by atoms with E-state index in [0.29, 0.717) is 27.6 Å². The largest absolute Gasteiger partial charge is 0.435 e. The van der Waals surface area contributed by atoms with Crippen molar-refractivity contribution in [3.63, 3.8) is 0 Å². The van der Waals surface area contributed by atoms with Crippen LogP contribution in [0.2, 0.25) is 0 Å². The summed E-state index contributed by atoms with van der Waals surface area (Å²) >= 11 is 0. The van der Waals surface area contributed by atoms with E-state index >= 15 is 0 Å². The number of hydrogen-bond acceptors (Lipinski definition) is 4. The van der Waals surface area contributed by atoms with Gasteiger partial charge in [0.2, 0.25) is 11.1 Å². The van der Waals surface area contributed by atoms with Crippen LogP contribution in [0.25, 0.3) is 33.0 Å². The molecule has 3 heterocycles. The molecule has 0 amide bonds. The lowest BCUT2D eigenvalue weighted by molar-refractivity contribution is 0.647. The zero-order chi connectivity index (χ0) is 12.8. The standard InChI is InChI=1S/C15H8N2O2/c18-13-10-6-5-9-3-1-7-16-12(9)14(10)19-15-11(13)4-2-8-17-15/h1-8H. The molecule has 4 heteroatoms. The Kier molecular flexibility index (Phi) is 1.94. The van der Waals surface area contributed by atoms with Gasteiger partial charge >= 0.3 is 0 Å². The quantitative estimate of drug-likeness (QED) is 0.354. The molecule has 3 aromatic heterocycles. The molecule has 0 fully saturated rings. The molecule has 90 valence electrons. The minimum atomic E-state index is -0.0723.